The second kappa shape index (κ2) is 7.35. The van der Waals surface area contributed by atoms with Gasteiger partial charge in [-0.3, -0.25) is 14.4 Å². The molecule has 0 atom stereocenters. The number of thioether (sulfide) groups is 1. The van der Waals surface area contributed by atoms with E-state index in [-0.39, 0.29) is 21.9 Å². The molecular formula is C17H14N2O5S. The average molecular weight is 358 g/mol. The lowest BCUT2D eigenvalue weighted by atomic mass is 10.00. The van der Waals surface area contributed by atoms with Gasteiger partial charge in [-0.15, -0.1) is 11.8 Å². The first-order chi connectivity index (χ1) is 12.1. The van der Waals surface area contributed by atoms with Crippen LogP contribution in [0.2, 0.25) is 0 Å². The minimum Gasteiger partial charge on any atom is -0.493 e. The molecule has 0 aliphatic heterocycles. The first-order valence-electron chi connectivity index (χ1n) is 7.45. The van der Waals surface area contributed by atoms with E-state index in [0.29, 0.717) is 12.4 Å². The second-order valence-corrected chi connectivity index (χ2v) is 6.16. The summed E-state index contributed by atoms with van der Waals surface area (Å²) in [4.78, 5) is 36.7. The molecule has 0 fully saturated rings. The highest BCUT2D eigenvalue weighted by Crippen LogP contribution is 2.30. The number of aromatic nitrogens is 1. The van der Waals surface area contributed by atoms with Crippen LogP contribution in [0, 0.1) is 0 Å². The molecule has 25 heavy (non-hydrogen) atoms. The molecule has 8 heteroatoms. The number of fused-ring (bicyclic) bond motifs is 1. The molecule has 0 saturated carbocycles. The summed E-state index contributed by atoms with van der Waals surface area (Å²) in [6.45, 7) is 0.367. The molecule has 0 unspecified atom stereocenters. The summed E-state index contributed by atoms with van der Waals surface area (Å²) < 4.78 is 10.4. The number of amides is 1. The second-order valence-electron chi connectivity index (χ2n) is 5.03. The third kappa shape index (κ3) is 3.48. The number of benzene rings is 1. The van der Waals surface area contributed by atoms with Gasteiger partial charge < -0.3 is 14.6 Å². The van der Waals surface area contributed by atoms with Crippen molar-refractivity contribution in [2.75, 3.05) is 19.4 Å². The Labute approximate surface area is 147 Å². The summed E-state index contributed by atoms with van der Waals surface area (Å²) in [6, 6.07) is 9.28. The molecule has 3 rings (SSSR count). The number of rotatable bonds is 6. The van der Waals surface area contributed by atoms with Crippen LogP contribution in [0.4, 0.5) is 0 Å². The summed E-state index contributed by atoms with van der Waals surface area (Å²) >= 11 is 1.19. The van der Waals surface area contributed by atoms with Crippen LogP contribution in [-0.4, -0.2) is 42.0 Å². The van der Waals surface area contributed by atoms with E-state index in [9.17, 15) is 14.4 Å². The summed E-state index contributed by atoms with van der Waals surface area (Å²) in [5.41, 5.74) is -0.263. The molecule has 1 aromatic carbocycles. The predicted octanol–water partition coefficient (Wildman–Crippen LogP) is 2.11. The van der Waals surface area contributed by atoms with Crippen molar-refractivity contribution in [1.82, 2.24) is 10.5 Å². The minimum absolute atomic E-state index is 0.0849. The van der Waals surface area contributed by atoms with Crippen molar-refractivity contribution in [1.29, 1.82) is 0 Å². The minimum atomic E-state index is -0.579. The summed E-state index contributed by atoms with van der Waals surface area (Å²) in [5.74, 6) is -0.511. The van der Waals surface area contributed by atoms with Gasteiger partial charge in [-0.1, -0.05) is 23.4 Å². The third-order valence-electron chi connectivity index (χ3n) is 3.42. The number of carbonyl (C=O) groups is 3. The van der Waals surface area contributed by atoms with Gasteiger partial charge >= 0.3 is 0 Å². The van der Waals surface area contributed by atoms with Crippen LogP contribution in [0.15, 0.2) is 45.8 Å². The summed E-state index contributed by atoms with van der Waals surface area (Å²) in [7, 11) is 1.41. The molecular weight excluding hydrogens is 344 g/mol. The highest BCUT2D eigenvalue weighted by atomic mass is 32.2. The van der Waals surface area contributed by atoms with E-state index < -0.39 is 17.5 Å². The van der Waals surface area contributed by atoms with Crippen molar-refractivity contribution >= 4 is 29.2 Å². The van der Waals surface area contributed by atoms with Crippen molar-refractivity contribution in [2.45, 2.75) is 0 Å². The van der Waals surface area contributed by atoms with Crippen molar-refractivity contribution in [3.63, 3.8) is 0 Å². The molecule has 1 amide bonds. The van der Waals surface area contributed by atoms with Crippen LogP contribution in [0.1, 0.15) is 31.4 Å². The van der Waals surface area contributed by atoms with Crippen molar-refractivity contribution in [2.24, 2.45) is 0 Å². The van der Waals surface area contributed by atoms with Gasteiger partial charge in [-0.25, -0.2) is 0 Å². The van der Waals surface area contributed by atoms with Gasteiger partial charge in [0.25, 0.3) is 5.91 Å². The van der Waals surface area contributed by atoms with Crippen LogP contribution in [-0.2, 0) is 0 Å². The molecule has 0 radical (unpaired) electrons. The normalized spacial score (nSPS) is 13.2. The molecule has 0 bridgehead atoms. The van der Waals surface area contributed by atoms with E-state index in [4.69, 9.17) is 9.26 Å². The largest absolute Gasteiger partial charge is 0.493 e. The number of hydrogen-bond acceptors (Lipinski definition) is 7. The maximum Gasteiger partial charge on any atom is 0.274 e. The average Bonchev–Trinajstić information content (AvgIpc) is 3.09. The molecule has 1 heterocycles. The van der Waals surface area contributed by atoms with Crippen LogP contribution in [0.25, 0.3) is 0 Å². The number of hydrogen-bond donors (Lipinski definition) is 1. The zero-order valence-electron chi connectivity index (χ0n) is 13.3. The van der Waals surface area contributed by atoms with Gasteiger partial charge in [0.15, 0.2) is 5.69 Å². The van der Waals surface area contributed by atoms with Gasteiger partial charge in [0.05, 0.1) is 11.5 Å². The monoisotopic (exact) mass is 358 g/mol. The molecule has 0 spiro atoms. The Kier molecular flexibility index (Phi) is 4.99. The first kappa shape index (κ1) is 17.0. The molecule has 2 aromatic rings. The van der Waals surface area contributed by atoms with Gasteiger partial charge in [0, 0.05) is 18.9 Å². The molecule has 1 aliphatic rings. The fraction of sp³-hybridized carbons (Fsp3) is 0.176. The number of carbonyl (C=O) groups excluding carboxylic acids is 3. The van der Waals surface area contributed by atoms with Crippen LogP contribution >= 0.6 is 11.8 Å². The Morgan fingerprint density at radius 3 is 2.76 bits per heavy atom. The Morgan fingerprint density at radius 2 is 2.04 bits per heavy atom. The Balaban J connectivity index is 1.67. The molecule has 128 valence electrons. The van der Waals surface area contributed by atoms with Gasteiger partial charge in [-0.2, -0.15) is 0 Å². The molecule has 1 aliphatic carbocycles. The van der Waals surface area contributed by atoms with E-state index >= 15 is 0 Å². The number of ether oxygens (including phenoxy) is 1. The lowest BCUT2D eigenvalue weighted by Gasteiger charge is -2.11. The summed E-state index contributed by atoms with van der Waals surface area (Å²) in [6.07, 6.45) is 1.21. The predicted molar refractivity (Wildman–Crippen MR) is 91.0 cm³/mol. The van der Waals surface area contributed by atoms with Crippen molar-refractivity contribution in [3.05, 3.63) is 58.3 Å². The number of nitrogens with zero attached hydrogens (tertiary/aromatic N) is 1. The van der Waals surface area contributed by atoms with Crippen molar-refractivity contribution in [3.8, 4) is 5.75 Å². The molecule has 7 nitrogen and oxygen atoms in total. The standard InChI is InChI=1S/C17H14N2O5S/c1-18-17(22)14-13-15(21)12(9-11(20)16(13)24-19-14)25-8-7-23-10-5-3-2-4-6-10/h2-6,9H,7-8H2,1H3,(H,18,22). The number of para-hydroxylation sites is 1. The van der Waals surface area contributed by atoms with Gasteiger partial charge in [0.2, 0.25) is 17.3 Å². The van der Waals surface area contributed by atoms with Gasteiger partial charge in [0.1, 0.15) is 11.3 Å². The fourth-order valence-corrected chi connectivity index (χ4v) is 3.06. The van der Waals surface area contributed by atoms with E-state index in [1.54, 1.807) is 0 Å². The highest BCUT2D eigenvalue weighted by Gasteiger charge is 2.35. The van der Waals surface area contributed by atoms with Crippen LogP contribution in [0.5, 0.6) is 5.75 Å². The zero-order chi connectivity index (χ0) is 17.8. The first-order valence-corrected chi connectivity index (χ1v) is 8.43. The highest BCUT2D eigenvalue weighted by molar-refractivity contribution is 8.04. The Hall–Kier alpha value is -2.87. The number of Topliss-reactive ketones (excluding diaryl/α,β-unsaturated/α-hetero) is 1. The lowest BCUT2D eigenvalue weighted by Crippen LogP contribution is -2.23. The smallest absolute Gasteiger partial charge is 0.274 e. The SMILES string of the molecule is CNC(=O)c1noc2c1C(=O)C(SCCOc1ccccc1)=CC2=O. The molecule has 1 N–H and O–H groups in total. The number of allylic oxidation sites excluding steroid dienone is 2. The Bertz CT molecular complexity index is 857. The number of nitrogens with one attached hydrogen (secondary N) is 1. The summed E-state index contributed by atoms with van der Waals surface area (Å²) in [5, 5.41) is 5.91. The third-order valence-corrected chi connectivity index (χ3v) is 4.41. The zero-order valence-corrected chi connectivity index (χ0v) is 14.1. The van der Waals surface area contributed by atoms with Crippen LogP contribution in [0.3, 0.4) is 0 Å². The maximum atomic E-state index is 12.6. The van der Waals surface area contributed by atoms with E-state index in [0.717, 1.165) is 5.75 Å². The fourth-order valence-electron chi connectivity index (χ4n) is 2.25. The van der Waals surface area contributed by atoms with Crippen molar-refractivity contribution < 1.29 is 23.6 Å². The van der Waals surface area contributed by atoms with Gasteiger partial charge in [-0.05, 0) is 12.1 Å². The topological polar surface area (TPSA) is 98.5 Å². The quantitative estimate of drug-likeness (QED) is 0.790. The van der Waals surface area contributed by atoms with E-state index in [2.05, 4.69) is 10.5 Å². The van der Waals surface area contributed by atoms with Crippen LogP contribution < -0.4 is 10.1 Å². The molecule has 0 saturated heterocycles. The number of ketones is 2. The molecule has 1 aromatic heterocycles. The Morgan fingerprint density at radius 1 is 1.28 bits per heavy atom. The maximum absolute atomic E-state index is 12.6. The van der Waals surface area contributed by atoms with E-state index in [1.807, 2.05) is 30.3 Å². The lowest BCUT2D eigenvalue weighted by molar-refractivity contribution is 0.0944. The van der Waals surface area contributed by atoms with E-state index in [1.165, 1.54) is 24.9 Å².